The van der Waals surface area contributed by atoms with Gasteiger partial charge in [-0.25, -0.2) is 14.8 Å². The minimum absolute atomic E-state index is 0.201. The number of fused-ring (bicyclic) bond motifs is 3. The molecule has 10 heteroatoms. The molecular weight excluding hydrogens is 820 g/mol. The molecule has 3 aliphatic rings. The van der Waals surface area contributed by atoms with Crippen LogP contribution in [-0.4, -0.2) is 45.3 Å². The number of carboxylic acid groups (broad SMARTS) is 1. The van der Waals surface area contributed by atoms with Crippen LogP contribution in [-0.2, 0) is 29.7 Å². The van der Waals surface area contributed by atoms with E-state index in [-0.39, 0.29) is 17.9 Å². The minimum Gasteiger partial charge on any atom is -0.496 e. The second-order valence-electron chi connectivity index (χ2n) is 18.4. The number of aryl methyl sites for hydroxylation is 2. The van der Waals surface area contributed by atoms with Crippen molar-refractivity contribution >= 4 is 23.3 Å². The van der Waals surface area contributed by atoms with Crippen molar-refractivity contribution in [2.75, 3.05) is 19.0 Å². The van der Waals surface area contributed by atoms with E-state index in [9.17, 15) is 9.90 Å². The van der Waals surface area contributed by atoms with Gasteiger partial charge in [0.25, 0.3) is 0 Å². The zero-order chi connectivity index (χ0) is 44.4. The first-order valence-electron chi connectivity index (χ1n) is 22.7. The fourth-order valence-electron chi connectivity index (χ4n) is 10.9. The number of pyridine rings is 1. The van der Waals surface area contributed by atoms with Crippen LogP contribution in [0.4, 0.5) is 5.69 Å². The third kappa shape index (κ3) is 8.67. The molecule has 3 atom stereocenters. The van der Waals surface area contributed by atoms with E-state index in [1.165, 1.54) is 28.8 Å². The van der Waals surface area contributed by atoms with Gasteiger partial charge in [-0.1, -0.05) is 67.9 Å². The van der Waals surface area contributed by atoms with Gasteiger partial charge in [0.1, 0.15) is 29.4 Å². The fourth-order valence-corrected chi connectivity index (χ4v) is 11.1. The summed E-state index contributed by atoms with van der Waals surface area (Å²) in [4.78, 5) is 27.3. The highest BCUT2D eigenvalue weighted by atomic mass is 35.5. The number of carbonyl (C=O) groups is 1. The zero-order valence-corrected chi connectivity index (χ0v) is 38.0. The van der Waals surface area contributed by atoms with Crippen LogP contribution >= 0.6 is 11.6 Å². The van der Waals surface area contributed by atoms with Gasteiger partial charge in [0.2, 0.25) is 0 Å². The molecule has 0 saturated heterocycles. The van der Waals surface area contributed by atoms with Crippen molar-refractivity contribution in [3.63, 3.8) is 0 Å². The predicted molar refractivity (Wildman–Crippen MR) is 253 cm³/mol. The van der Waals surface area contributed by atoms with E-state index in [0.29, 0.717) is 47.9 Å². The number of ether oxygens (including phenoxy) is 3. The van der Waals surface area contributed by atoms with Crippen molar-refractivity contribution in [3.05, 3.63) is 148 Å². The van der Waals surface area contributed by atoms with Crippen molar-refractivity contribution < 1.29 is 24.1 Å². The molecule has 9 nitrogen and oxygen atoms in total. The molecule has 1 spiro atoms. The molecule has 9 rings (SSSR count). The highest BCUT2D eigenvalue weighted by molar-refractivity contribution is 6.30. The molecule has 2 N–H and O–H groups in total. The number of para-hydroxylation sites is 1. The summed E-state index contributed by atoms with van der Waals surface area (Å²) in [6.07, 6.45) is 11.4. The van der Waals surface area contributed by atoms with E-state index in [2.05, 4.69) is 61.4 Å². The standard InChI is InChI=1S/C54H57ClN4O5/c1-34(32-64-49-20-26-56-47-13-7-9-36(3)50(47)49)27-39-28-38-17-16-37(29-46(38)53(39)21-23-54(24-22-53,52(60)61)59-41-11-8-10-40(55)30-41)45-31-43(18-15-35(45)2)63-33-42-19-25-57-51(58-42)44-12-5-6-14-48(44)62-4/h5-6,8,10-12,14-20,25-26,29-31,34,36,39,59H,7,9,13,21-24,27-28,32-33H2,1-4H3,(H,60,61)/t34-,36-,39+,53?,54?/m1/s1. The number of nitrogens with one attached hydrogen (secondary N) is 1. The molecule has 64 heavy (non-hydrogen) atoms. The Morgan fingerprint density at radius 2 is 1.73 bits per heavy atom. The van der Waals surface area contributed by atoms with Crippen LogP contribution in [0.25, 0.3) is 22.5 Å². The fraction of sp³-hybridized carbons (Fsp3) is 0.370. The number of rotatable bonds is 14. The van der Waals surface area contributed by atoms with E-state index in [1.54, 1.807) is 13.3 Å². The summed E-state index contributed by atoms with van der Waals surface area (Å²) in [7, 11) is 1.65. The minimum atomic E-state index is -1.10. The SMILES string of the molecule is COc1ccccc1-c1nccc(COc2ccc(C)c(-c3ccc4c(c3)C3(CCC(Nc5cccc(Cl)c5)(C(=O)O)CC3)[C@@H](C[C@@H](C)COc3ccnc5c3[C@H](C)CCC5)C4)c2)n1. The number of hydrogen-bond donors (Lipinski definition) is 2. The normalized spacial score (nSPS) is 21.7. The lowest BCUT2D eigenvalue weighted by atomic mass is 9.59. The first-order chi connectivity index (χ1) is 31.0. The number of benzene rings is 4. The lowest BCUT2D eigenvalue weighted by molar-refractivity contribution is -0.144. The summed E-state index contributed by atoms with van der Waals surface area (Å²) in [6.45, 7) is 7.63. The van der Waals surface area contributed by atoms with Crippen LogP contribution in [0, 0.1) is 18.8 Å². The quantitative estimate of drug-likeness (QED) is 0.110. The summed E-state index contributed by atoms with van der Waals surface area (Å²) in [6, 6.07) is 32.2. The summed E-state index contributed by atoms with van der Waals surface area (Å²) < 4.78 is 18.6. The van der Waals surface area contributed by atoms with Gasteiger partial charge < -0.3 is 24.6 Å². The molecule has 0 radical (unpaired) electrons. The maximum Gasteiger partial charge on any atom is 0.329 e. The first kappa shape index (κ1) is 43.3. The van der Waals surface area contributed by atoms with E-state index >= 15 is 0 Å². The highest BCUT2D eigenvalue weighted by Crippen LogP contribution is 2.57. The molecule has 0 bridgehead atoms. The molecule has 6 aromatic rings. The lowest BCUT2D eigenvalue weighted by Crippen LogP contribution is -2.53. The summed E-state index contributed by atoms with van der Waals surface area (Å²) in [5.41, 5.74) is 9.54. The number of aromatic nitrogens is 3. The number of methoxy groups -OCH3 is 1. The molecule has 4 aromatic carbocycles. The molecule has 330 valence electrons. The van der Waals surface area contributed by atoms with Crippen molar-refractivity contribution in [1.82, 2.24) is 15.0 Å². The molecule has 1 fully saturated rings. The van der Waals surface area contributed by atoms with Crippen LogP contribution in [0.2, 0.25) is 5.02 Å². The Balaban J connectivity index is 0.985. The maximum absolute atomic E-state index is 13.2. The van der Waals surface area contributed by atoms with Crippen LogP contribution in [0.15, 0.2) is 109 Å². The average Bonchev–Trinajstić information content (AvgIpc) is 3.59. The molecule has 0 amide bonds. The molecule has 0 unspecified atom stereocenters. The van der Waals surface area contributed by atoms with Crippen LogP contribution in [0.5, 0.6) is 17.2 Å². The lowest BCUT2D eigenvalue weighted by Gasteiger charge is -2.47. The van der Waals surface area contributed by atoms with Crippen molar-refractivity contribution in [2.45, 2.75) is 102 Å². The average molecular weight is 878 g/mol. The van der Waals surface area contributed by atoms with Gasteiger partial charge in [0.05, 0.1) is 25.0 Å². The smallest absolute Gasteiger partial charge is 0.329 e. The predicted octanol–water partition coefficient (Wildman–Crippen LogP) is 12.2. The summed E-state index contributed by atoms with van der Waals surface area (Å²) >= 11 is 6.37. The second-order valence-corrected chi connectivity index (χ2v) is 18.8. The third-order valence-electron chi connectivity index (χ3n) is 14.3. The molecular formula is C54H57ClN4O5. The van der Waals surface area contributed by atoms with Gasteiger partial charge in [-0.15, -0.1) is 0 Å². The largest absolute Gasteiger partial charge is 0.496 e. The van der Waals surface area contributed by atoms with Crippen LogP contribution < -0.4 is 19.5 Å². The van der Waals surface area contributed by atoms with Gasteiger partial charge in [-0.2, -0.15) is 0 Å². The van der Waals surface area contributed by atoms with Gasteiger partial charge in [-0.3, -0.25) is 4.98 Å². The Morgan fingerprint density at radius 1 is 0.906 bits per heavy atom. The Hall–Kier alpha value is -5.93. The third-order valence-corrected chi connectivity index (χ3v) is 14.5. The van der Waals surface area contributed by atoms with Gasteiger partial charge >= 0.3 is 5.97 Å². The van der Waals surface area contributed by atoms with Crippen molar-refractivity contribution in [3.8, 4) is 39.8 Å². The molecule has 1 saturated carbocycles. The van der Waals surface area contributed by atoms with E-state index in [0.717, 1.165) is 83.7 Å². The highest BCUT2D eigenvalue weighted by Gasteiger charge is 2.54. The number of anilines is 1. The van der Waals surface area contributed by atoms with Crippen molar-refractivity contribution in [1.29, 1.82) is 0 Å². The molecule has 2 heterocycles. The van der Waals surface area contributed by atoms with Crippen LogP contribution in [0.3, 0.4) is 0 Å². The number of halogens is 1. The van der Waals surface area contributed by atoms with Gasteiger partial charge in [0.15, 0.2) is 5.82 Å². The molecule has 2 aromatic heterocycles. The second kappa shape index (κ2) is 18.3. The number of aliphatic carboxylic acids is 1. The van der Waals surface area contributed by atoms with Crippen LogP contribution in [0.1, 0.15) is 98.4 Å². The van der Waals surface area contributed by atoms with Gasteiger partial charge in [-0.05, 0) is 170 Å². The van der Waals surface area contributed by atoms with E-state index in [4.69, 9.17) is 35.8 Å². The number of nitrogens with zero attached hydrogens (tertiary/aromatic N) is 3. The van der Waals surface area contributed by atoms with Gasteiger partial charge in [0, 0.05) is 34.4 Å². The Kier molecular flexibility index (Phi) is 12.4. The zero-order valence-electron chi connectivity index (χ0n) is 37.2. The topological polar surface area (TPSA) is 116 Å². The summed E-state index contributed by atoms with van der Waals surface area (Å²) in [5, 5.41) is 14.9. The Bertz CT molecular complexity index is 2660. The first-order valence-corrected chi connectivity index (χ1v) is 23.1. The molecule has 0 aliphatic heterocycles. The summed E-state index contributed by atoms with van der Waals surface area (Å²) in [5.74, 6) is 3.25. The molecule has 3 aliphatic carbocycles. The van der Waals surface area contributed by atoms with E-state index in [1.807, 2.05) is 72.9 Å². The Labute approximate surface area is 381 Å². The Morgan fingerprint density at radius 3 is 2.55 bits per heavy atom. The van der Waals surface area contributed by atoms with Crippen molar-refractivity contribution in [2.24, 2.45) is 11.8 Å². The number of hydrogen-bond acceptors (Lipinski definition) is 8. The number of carboxylic acids is 1. The maximum atomic E-state index is 13.2. The van der Waals surface area contributed by atoms with E-state index < -0.39 is 11.5 Å². The monoisotopic (exact) mass is 876 g/mol.